The number of hydrogen-bond donors (Lipinski definition) is 3. The van der Waals surface area contributed by atoms with E-state index in [0.29, 0.717) is 40.0 Å². The number of carbonyl (C=O) groups is 2. The smallest absolute Gasteiger partial charge is 0.416 e. The lowest BCUT2D eigenvalue weighted by molar-refractivity contribution is -0.139. The largest absolute Gasteiger partial charge is 0.496 e. The van der Waals surface area contributed by atoms with Gasteiger partial charge in [-0.2, -0.15) is 13.2 Å². The van der Waals surface area contributed by atoms with Crippen molar-refractivity contribution in [1.29, 1.82) is 0 Å². The monoisotopic (exact) mass is 811 g/mol. The van der Waals surface area contributed by atoms with Gasteiger partial charge in [0.05, 0.1) is 30.3 Å². The Morgan fingerprint density at radius 1 is 0.948 bits per heavy atom. The number of benzene rings is 2. The average molecular weight is 812 g/mol. The van der Waals surface area contributed by atoms with Gasteiger partial charge in [-0.05, 0) is 134 Å². The number of carbonyl (C=O) groups excluding carboxylic acids is 2. The molecule has 3 heterocycles. The standard InChI is InChI=1S/C43H60F3N7O5/c1-27(31-22-32(43(44,45)46)24-33(23-31)51-41(55)58-42(3,4)5)48-39-36-25-35(38(56-6)26-37(36)49-28(2)50-39)29-8-10-30(11-9-29)40(54)53-19-17-52(18-20-53)16-7-21-57-34-12-14-47-15-13-34/h22-27,29-30,34,47H,7-21H2,1-6H3,(H,51,55)(H,48,49,50)/t27-,29?,30?/m1/s1. The molecule has 0 spiro atoms. The van der Waals surface area contributed by atoms with Gasteiger partial charge in [0.25, 0.3) is 0 Å². The van der Waals surface area contributed by atoms with Gasteiger partial charge >= 0.3 is 12.3 Å². The average Bonchev–Trinajstić information content (AvgIpc) is 3.18. The highest BCUT2D eigenvalue weighted by Gasteiger charge is 2.34. The number of piperidine rings is 1. The second-order valence-electron chi connectivity index (χ2n) is 17.0. The first kappa shape index (κ1) is 43.4. The maximum Gasteiger partial charge on any atom is 0.416 e. The Hall–Kier alpha value is -4.21. The van der Waals surface area contributed by atoms with Gasteiger partial charge in [-0.1, -0.05) is 0 Å². The molecule has 3 aliphatic rings. The van der Waals surface area contributed by atoms with Gasteiger partial charge in [0.15, 0.2) is 0 Å². The molecule has 3 fully saturated rings. The molecule has 15 heteroatoms. The van der Waals surface area contributed by atoms with E-state index in [9.17, 15) is 22.8 Å². The fourth-order valence-electron chi connectivity index (χ4n) is 8.34. The highest BCUT2D eigenvalue weighted by atomic mass is 19.4. The summed E-state index contributed by atoms with van der Waals surface area (Å²) in [5, 5.41) is 9.87. The van der Waals surface area contributed by atoms with Crippen molar-refractivity contribution >= 4 is 34.4 Å². The summed E-state index contributed by atoms with van der Waals surface area (Å²) in [7, 11) is 1.63. The number of nitrogens with zero attached hydrogens (tertiary/aromatic N) is 4. The van der Waals surface area contributed by atoms with E-state index >= 15 is 0 Å². The summed E-state index contributed by atoms with van der Waals surface area (Å²) in [6, 6.07) is 6.71. The molecule has 6 rings (SSSR count). The normalized spacial score (nSPS) is 20.5. The van der Waals surface area contributed by atoms with Gasteiger partial charge in [0, 0.05) is 62.4 Å². The molecule has 3 aromatic rings. The second kappa shape index (κ2) is 18.8. The summed E-state index contributed by atoms with van der Waals surface area (Å²) in [5.41, 5.74) is 0.152. The van der Waals surface area contributed by atoms with Crippen LogP contribution in [0.3, 0.4) is 0 Å². The first-order valence-corrected chi connectivity index (χ1v) is 20.7. The molecular formula is C43H60F3N7O5. The number of aromatic nitrogens is 2. The van der Waals surface area contributed by atoms with E-state index in [4.69, 9.17) is 14.2 Å². The van der Waals surface area contributed by atoms with Gasteiger partial charge in [-0.25, -0.2) is 14.8 Å². The van der Waals surface area contributed by atoms with Crippen LogP contribution in [0.1, 0.15) is 107 Å². The summed E-state index contributed by atoms with van der Waals surface area (Å²) in [5.74, 6) is 2.03. The Morgan fingerprint density at radius 3 is 2.31 bits per heavy atom. The van der Waals surface area contributed by atoms with Crippen molar-refractivity contribution in [3.63, 3.8) is 0 Å². The van der Waals surface area contributed by atoms with Crippen LogP contribution >= 0.6 is 0 Å². The van der Waals surface area contributed by atoms with Crippen LogP contribution in [0.25, 0.3) is 10.9 Å². The zero-order chi connectivity index (χ0) is 41.6. The zero-order valence-electron chi connectivity index (χ0n) is 34.8. The first-order chi connectivity index (χ1) is 27.6. The van der Waals surface area contributed by atoms with Crippen LogP contribution in [0.2, 0.25) is 0 Å². The lowest BCUT2D eigenvalue weighted by Crippen LogP contribution is -2.50. The van der Waals surface area contributed by atoms with Crippen LogP contribution in [0.15, 0.2) is 30.3 Å². The Morgan fingerprint density at radius 2 is 1.66 bits per heavy atom. The lowest BCUT2D eigenvalue weighted by Gasteiger charge is -2.38. The lowest BCUT2D eigenvalue weighted by atomic mass is 9.77. The molecule has 3 N–H and O–H groups in total. The maximum absolute atomic E-state index is 14.0. The predicted molar refractivity (Wildman–Crippen MR) is 218 cm³/mol. The molecule has 2 aromatic carbocycles. The minimum Gasteiger partial charge on any atom is -0.496 e. The number of fused-ring (bicyclic) bond motifs is 1. The van der Waals surface area contributed by atoms with Crippen LogP contribution in [0, 0.1) is 12.8 Å². The number of amides is 2. The van der Waals surface area contributed by atoms with Crippen molar-refractivity contribution in [2.75, 3.05) is 70.2 Å². The van der Waals surface area contributed by atoms with Crippen molar-refractivity contribution in [2.24, 2.45) is 5.92 Å². The quantitative estimate of drug-likeness (QED) is 0.155. The molecule has 2 amide bonds. The molecule has 318 valence electrons. The van der Waals surface area contributed by atoms with Crippen molar-refractivity contribution in [3.8, 4) is 5.75 Å². The third-order valence-electron chi connectivity index (χ3n) is 11.4. The Balaban J connectivity index is 1.10. The van der Waals surface area contributed by atoms with Gasteiger partial charge in [0.1, 0.15) is 23.0 Å². The molecular weight excluding hydrogens is 752 g/mol. The third-order valence-corrected chi connectivity index (χ3v) is 11.4. The van der Waals surface area contributed by atoms with E-state index in [1.165, 1.54) is 6.07 Å². The first-order valence-electron chi connectivity index (χ1n) is 20.7. The maximum atomic E-state index is 14.0. The molecule has 1 atom stereocenters. The number of aryl methyl sites for hydroxylation is 1. The number of methoxy groups -OCH3 is 1. The van der Waals surface area contributed by atoms with E-state index in [-0.39, 0.29) is 23.4 Å². The number of hydrogen-bond acceptors (Lipinski definition) is 10. The SMILES string of the molecule is COc1cc2nc(C)nc(N[C@H](C)c3cc(NC(=O)OC(C)(C)C)cc(C(F)(F)F)c3)c2cc1C1CCC(C(=O)N2CCN(CCCOC3CCNCC3)CC2)CC1. The fraction of sp³-hybridized carbons (Fsp3) is 0.628. The molecule has 1 aromatic heterocycles. The number of piperazine rings is 1. The van der Waals surface area contributed by atoms with E-state index in [1.807, 2.05) is 17.0 Å². The van der Waals surface area contributed by atoms with Crippen LogP contribution in [0.5, 0.6) is 5.75 Å². The molecule has 58 heavy (non-hydrogen) atoms. The second-order valence-corrected chi connectivity index (χ2v) is 17.0. The molecule has 1 aliphatic carbocycles. The van der Waals surface area contributed by atoms with Crippen molar-refractivity contribution < 1.29 is 37.0 Å². The topological polar surface area (TPSA) is 130 Å². The van der Waals surface area contributed by atoms with Gasteiger partial charge in [-0.3, -0.25) is 15.0 Å². The highest BCUT2D eigenvalue weighted by molar-refractivity contribution is 5.91. The van der Waals surface area contributed by atoms with E-state index in [2.05, 4.69) is 30.8 Å². The Kier molecular flexibility index (Phi) is 14.1. The number of ether oxygens (including phenoxy) is 3. The molecule has 0 unspecified atom stereocenters. The summed E-state index contributed by atoms with van der Waals surface area (Å²) in [4.78, 5) is 40.0. The number of alkyl halides is 3. The highest BCUT2D eigenvalue weighted by Crippen LogP contribution is 2.43. The Bertz CT molecular complexity index is 1880. The predicted octanol–water partition coefficient (Wildman–Crippen LogP) is 8.06. The van der Waals surface area contributed by atoms with Gasteiger partial charge in [0.2, 0.25) is 5.91 Å². The minimum absolute atomic E-state index is 0.0149. The fourth-order valence-corrected chi connectivity index (χ4v) is 8.34. The molecule has 1 saturated carbocycles. The van der Waals surface area contributed by atoms with E-state index in [1.54, 1.807) is 41.7 Å². The number of anilines is 2. The van der Waals surface area contributed by atoms with Gasteiger partial charge < -0.3 is 29.7 Å². The van der Waals surface area contributed by atoms with Crippen LogP contribution in [-0.4, -0.2) is 103 Å². The molecule has 2 aliphatic heterocycles. The summed E-state index contributed by atoms with van der Waals surface area (Å²) < 4.78 is 59.4. The van der Waals surface area contributed by atoms with Crippen LogP contribution < -0.4 is 20.7 Å². The molecule has 12 nitrogen and oxygen atoms in total. The zero-order valence-corrected chi connectivity index (χ0v) is 34.8. The molecule has 0 bridgehead atoms. The minimum atomic E-state index is -4.65. The number of rotatable bonds is 12. The number of halogens is 3. The van der Waals surface area contributed by atoms with E-state index in [0.717, 1.165) is 115 Å². The van der Waals surface area contributed by atoms with Crippen molar-refractivity contribution in [1.82, 2.24) is 25.1 Å². The molecule has 0 radical (unpaired) electrons. The van der Waals surface area contributed by atoms with Crippen molar-refractivity contribution in [3.05, 3.63) is 52.8 Å². The van der Waals surface area contributed by atoms with Crippen LogP contribution in [0.4, 0.5) is 29.5 Å². The molecule has 2 saturated heterocycles. The summed E-state index contributed by atoms with van der Waals surface area (Å²) in [6.07, 6.45) is 1.25. The summed E-state index contributed by atoms with van der Waals surface area (Å²) >= 11 is 0. The third kappa shape index (κ3) is 11.5. The Labute approximate surface area is 340 Å². The van der Waals surface area contributed by atoms with Crippen molar-refractivity contribution in [2.45, 2.75) is 109 Å². The summed E-state index contributed by atoms with van der Waals surface area (Å²) in [6.45, 7) is 15.7. The van der Waals surface area contributed by atoms with Crippen LogP contribution in [-0.2, 0) is 20.4 Å². The van der Waals surface area contributed by atoms with Gasteiger partial charge in [-0.15, -0.1) is 0 Å². The number of nitrogens with one attached hydrogen (secondary N) is 3. The van der Waals surface area contributed by atoms with E-state index < -0.39 is 29.5 Å².